The van der Waals surface area contributed by atoms with Crippen molar-refractivity contribution in [3.8, 4) is 16.9 Å². The van der Waals surface area contributed by atoms with Crippen LogP contribution >= 0.6 is 0 Å². The number of nitrogens with one attached hydrogen (secondary N) is 1. The van der Waals surface area contributed by atoms with Gasteiger partial charge in [0.2, 0.25) is 0 Å². The van der Waals surface area contributed by atoms with E-state index in [0.29, 0.717) is 31.1 Å². The second-order valence-electron chi connectivity index (χ2n) is 6.73. The number of amides is 1. The molecule has 2 N–H and O–H groups in total. The summed E-state index contributed by atoms with van der Waals surface area (Å²) >= 11 is 0. The minimum absolute atomic E-state index is 0.0395. The Morgan fingerprint density at radius 3 is 2.54 bits per heavy atom. The third-order valence-corrected chi connectivity index (χ3v) is 5.06. The minimum atomic E-state index is -0.307. The van der Waals surface area contributed by atoms with Crippen molar-refractivity contribution < 1.29 is 19.4 Å². The maximum absolute atomic E-state index is 12.8. The Morgan fingerprint density at radius 1 is 1.15 bits per heavy atom. The van der Waals surface area contributed by atoms with Crippen LogP contribution in [0.15, 0.2) is 48.5 Å². The molecule has 2 aromatic rings. The van der Waals surface area contributed by atoms with Gasteiger partial charge >= 0.3 is 0 Å². The van der Waals surface area contributed by atoms with Crippen molar-refractivity contribution in [2.75, 3.05) is 33.5 Å². The molecule has 0 saturated carbocycles. The first-order chi connectivity index (χ1) is 12.7. The van der Waals surface area contributed by atoms with E-state index in [4.69, 9.17) is 9.47 Å². The number of aliphatic hydroxyl groups excluding tert-OH is 1. The highest BCUT2D eigenvalue weighted by atomic mass is 16.5. The third-order valence-electron chi connectivity index (χ3n) is 5.06. The SMILES string of the molecule is COc1ccc(-c2ccccc2)cc1C(=O)NCC1(CO)CCOCC1. The predicted octanol–water partition coefficient (Wildman–Crippen LogP) is 2.88. The fraction of sp³-hybridized carbons (Fsp3) is 0.381. The molecule has 5 heteroatoms. The van der Waals surface area contributed by atoms with Gasteiger partial charge in [-0.2, -0.15) is 0 Å². The quantitative estimate of drug-likeness (QED) is 0.836. The first kappa shape index (κ1) is 18.4. The van der Waals surface area contributed by atoms with Gasteiger partial charge in [-0.15, -0.1) is 0 Å². The molecule has 1 fully saturated rings. The molecule has 26 heavy (non-hydrogen) atoms. The molecule has 1 aliphatic heterocycles. The summed E-state index contributed by atoms with van der Waals surface area (Å²) in [7, 11) is 1.56. The van der Waals surface area contributed by atoms with E-state index in [0.717, 1.165) is 24.0 Å². The Hall–Kier alpha value is -2.37. The second-order valence-corrected chi connectivity index (χ2v) is 6.73. The summed E-state index contributed by atoms with van der Waals surface area (Å²) in [6.45, 7) is 1.69. The number of carbonyl (C=O) groups excluding carboxylic acids is 1. The highest BCUT2D eigenvalue weighted by Crippen LogP contribution is 2.30. The fourth-order valence-corrected chi connectivity index (χ4v) is 3.25. The summed E-state index contributed by atoms with van der Waals surface area (Å²) in [5.74, 6) is 0.339. The molecule has 3 rings (SSSR count). The first-order valence-electron chi connectivity index (χ1n) is 8.88. The van der Waals surface area contributed by atoms with E-state index in [1.165, 1.54) is 0 Å². The van der Waals surface area contributed by atoms with E-state index >= 15 is 0 Å². The molecule has 0 bridgehead atoms. The number of ether oxygens (including phenoxy) is 2. The van der Waals surface area contributed by atoms with Gasteiger partial charge in [0.1, 0.15) is 5.75 Å². The van der Waals surface area contributed by atoms with Gasteiger partial charge in [0.25, 0.3) is 5.91 Å². The van der Waals surface area contributed by atoms with Crippen LogP contribution in [0.5, 0.6) is 5.75 Å². The van der Waals surface area contributed by atoms with E-state index in [1.54, 1.807) is 7.11 Å². The molecular formula is C21H25NO4. The maximum atomic E-state index is 12.8. The Bertz CT molecular complexity index is 739. The first-order valence-corrected chi connectivity index (χ1v) is 8.88. The second kappa shape index (κ2) is 8.34. The molecule has 0 aromatic heterocycles. The van der Waals surface area contributed by atoms with E-state index < -0.39 is 0 Å². The largest absolute Gasteiger partial charge is 0.496 e. The van der Waals surface area contributed by atoms with Crippen molar-refractivity contribution in [2.45, 2.75) is 12.8 Å². The monoisotopic (exact) mass is 355 g/mol. The van der Waals surface area contributed by atoms with E-state index in [-0.39, 0.29) is 17.9 Å². The molecule has 1 amide bonds. The van der Waals surface area contributed by atoms with Crippen LogP contribution in [0.2, 0.25) is 0 Å². The summed E-state index contributed by atoms with van der Waals surface area (Å²) in [6.07, 6.45) is 1.48. The zero-order valence-electron chi connectivity index (χ0n) is 15.0. The van der Waals surface area contributed by atoms with Crippen molar-refractivity contribution in [1.82, 2.24) is 5.32 Å². The van der Waals surface area contributed by atoms with Crippen LogP contribution in [0, 0.1) is 5.41 Å². The molecule has 0 aliphatic carbocycles. The van der Waals surface area contributed by atoms with E-state index in [1.807, 2.05) is 48.5 Å². The molecule has 0 atom stereocenters. The van der Waals surface area contributed by atoms with Gasteiger partial charge < -0.3 is 19.9 Å². The lowest BCUT2D eigenvalue weighted by Crippen LogP contribution is -2.43. The average molecular weight is 355 g/mol. The van der Waals surface area contributed by atoms with Crippen molar-refractivity contribution in [2.24, 2.45) is 5.41 Å². The molecule has 0 spiro atoms. The Balaban J connectivity index is 1.79. The number of methoxy groups -OCH3 is 1. The zero-order chi connectivity index (χ0) is 18.4. The molecule has 1 aliphatic rings. The van der Waals surface area contributed by atoms with Crippen molar-refractivity contribution in [3.05, 3.63) is 54.1 Å². The molecule has 0 radical (unpaired) electrons. The average Bonchev–Trinajstić information content (AvgIpc) is 2.73. The lowest BCUT2D eigenvalue weighted by Gasteiger charge is -2.35. The fourth-order valence-electron chi connectivity index (χ4n) is 3.25. The highest BCUT2D eigenvalue weighted by molar-refractivity contribution is 5.98. The van der Waals surface area contributed by atoms with Gasteiger partial charge in [0.05, 0.1) is 19.3 Å². The summed E-state index contributed by atoms with van der Waals surface area (Å²) < 4.78 is 10.7. The van der Waals surface area contributed by atoms with Crippen LogP contribution in [0.3, 0.4) is 0 Å². The molecule has 138 valence electrons. The molecule has 5 nitrogen and oxygen atoms in total. The van der Waals surface area contributed by atoms with Gasteiger partial charge in [0.15, 0.2) is 0 Å². The molecule has 2 aromatic carbocycles. The van der Waals surface area contributed by atoms with Crippen LogP contribution in [0.4, 0.5) is 0 Å². The van der Waals surface area contributed by atoms with Crippen LogP contribution in [0.25, 0.3) is 11.1 Å². The van der Waals surface area contributed by atoms with Crippen LogP contribution < -0.4 is 10.1 Å². The van der Waals surface area contributed by atoms with Crippen LogP contribution in [-0.4, -0.2) is 44.5 Å². The smallest absolute Gasteiger partial charge is 0.255 e. The van der Waals surface area contributed by atoms with E-state index in [2.05, 4.69) is 5.32 Å². The number of aliphatic hydroxyl groups is 1. The van der Waals surface area contributed by atoms with Gasteiger partial charge in [-0.1, -0.05) is 36.4 Å². The van der Waals surface area contributed by atoms with E-state index in [9.17, 15) is 9.90 Å². The summed E-state index contributed by atoms with van der Waals surface area (Å²) in [5.41, 5.74) is 2.19. The summed E-state index contributed by atoms with van der Waals surface area (Å²) in [4.78, 5) is 12.8. The van der Waals surface area contributed by atoms with Crippen molar-refractivity contribution in [3.63, 3.8) is 0 Å². The third kappa shape index (κ3) is 4.06. The van der Waals surface area contributed by atoms with Gasteiger partial charge in [-0.05, 0) is 36.1 Å². The number of rotatable bonds is 6. The Labute approximate surface area is 153 Å². The number of benzene rings is 2. The zero-order valence-corrected chi connectivity index (χ0v) is 15.0. The molecular weight excluding hydrogens is 330 g/mol. The highest BCUT2D eigenvalue weighted by Gasteiger charge is 2.32. The summed E-state index contributed by atoms with van der Waals surface area (Å²) in [5, 5.41) is 12.8. The normalized spacial score (nSPS) is 16.1. The standard InChI is InChI=1S/C21H25NO4/c1-25-19-8-7-17(16-5-3-2-4-6-16)13-18(19)20(24)22-14-21(15-23)9-11-26-12-10-21/h2-8,13,23H,9-12,14-15H2,1H3,(H,22,24). The Morgan fingerprint density at radius 2 is 1.88 bits per heavy atom. The molecule has 1 heterocycles. The van der Waals surface area contributed by atoms with Crippen LogP contribution in [0.1, 0.15) is 23.2 Å². The molecule has 1 saturated heterocycles. The van der Waals surface area contributed by atoms with Gasteiger partial charge in [-0.3, -0.25) is 4.79 Å². The number of carbonyl (C=O) groups is 1. The topological polar surface area (TPSA) is 67.8 Å². The van der Waals surface area contributed by atoms with Gasteiger partial charge in [-0.25, -0.2) is 0 Å². The lowest BCUT2D eigenvalue weighted by atomic mass is 9.81. The minimum Gasteiger partial charge on any atom is -0.496 e. The molecule has 0 unspecified atom stereocenters. The van der Waals surface area contributed by atoms with Crippen molar-refractivity contribution in [1.29, 1.82) is 0 Å². The Kier molecular flexibility index (Phi) is 5.91. The number of hydrogen-bond donors (Lipinski definition) is 2. The van der Waals surface area contributed by atoms with Crippen LogP contribution in [-0.2, 0) is 4.74 Å². The number of hydrogen-bond acceptors (Lipinski definition) is 4. The predicted molar refractivity (Wildman–Crippen MR) is 100 cm³/mol. The lowest BCUT2D eigenvalue weighted by molar-refractivity contribution is -0.0146. The summed E-state index contributed by atoms with van der Waals surface area (Å²) in [6, 6.07) is 15.5. The van der Waals surface area contributed by atoms with Crippen molar-refractivity contribution >= 4 is 5.91 Å². The van der Waals surface area contributed by atoms with Gasteiger partial charge in [0, 0.05) is 25.2 Å². The maximum Gasteiger partial charge on any atom is 0.255 e.